The SMILES string of the molecule is COc1cc2c(cc1OC)[C@H](CNC(=O)CC(C)C)N(Cc1cccc(F)c1)CC2. The number of halogens is 1. The fourth-order valence-corrected chi connectivity index (χ4v) is 4.03. The summed E-state index contributed by atoms with van der Waals surface area (Å²) in [5, 5.41) is 3.09. The van der Waals surface area contributed by atoms with E-state index in [4.69, 9.17) is 9.47 Å². The van der Waals surface area contributed by atoms with E-state index in [0.29, 0.717) is 36.9 Å². The lowest BCUT2D eigenvalue weighted by Gasteiger charge is -2.38. The van der Waals surface area contributed by atoms with Gasteiger partial charge in [0.1, 0.15) is 5.82 Å². The van der Waals surface area contributed by atoms with Crippen molar-refractivity contribution in [3.8, 4) is 11.5 Å². The molecule has 5 nitrogen and oxygen atoms in total. The highest BCUT2D eigenvalue weighted by Gasteiger charge is 2.29. The summed E-state index contributed by atoms with van der Waals surface area (Å²) in [5.74, 6) is 1.48. The second-order valence-corrected chi connectivity index (χ2v) is 8.17. The minimum absolute atomic E-state index is 0.0343. The van der Waals surface area contributed by atoms with Crippen LogP contribution in [-0.4, -0.2) is 38.1 Å². The van der Waals surface area contributed by atoms with Crippen LogP contribution in [0.5, 0.6) is 11.5 Å². The van der Waals surface area contributed by atoms with Crippen molar-refractivity contribution in [2.24, 2.45) is 5.92 Å². The smallest absolute Gasteiger partial charge is 0.220 e. The summed E-state index contributed by atoms with van der Waals surface area (Å²) in [6.07, 6.45) is 1.34. The summed E-state index contributed by atoms with van der Waals surface area (Å²) in [7, 11) is 3.25. The number of nitrogens with zero attached hydrogens (tertiary/aromatic N) is 1. The summed E-state index contributed by atoms with van der Waals surface area (Å²) in [4.78, 5) is 14.6. The van der Waals surface area contributed by atoms with Crippen LogP contribution in [0.25, 0.3) is 0 Å². The minimum Gasteiger partial charge on any atom is -0.493 e. The molecule has 2 aromatic carbocycles. The zero-order valence-corrected chi connectivity index (χ0v) is 18.2. The summed E-state index contributed by atoms with van der Waals surface area (Å²) in [5.41, 5.74) is 3.21. The highest BCUT2D eigenvalue weighted by molar-refractivity contribution is 5.76. The number of rotatable bonds is 8. The molecule has 1 N–H and O–H groups in total. The summed E-state index contributed by atoms with van der Waals surface area (Å²) >= 11 is 0. The van der Waals surface area contributed by atoms with Gasteiger partial charge in [0.2, 0.25) is 5.91 Å². The quantitative estimate of drug-likeness (QED) is 0.707. The van der Waals surface area contributed by atoms with Crippen LogP contribution in [0.2, 0.25) is 0 Å². The number of nitrogens with one attached hydrogen (secondary N) is 1. The fraction of sp³-hybridized carbons (Fsp3) is 0.458. The third-order valence-electron chi connectivity index (χ3n) is 5.47. The van der Waals surface area contributed by atoms with Crippen LogP contribution >= 0.6 is 0 Å². The van der Waals surface area contributed by atoms with E-state index in [1.54, 1.807) is 26.4 Å². The van der Waals surface area contributed by atoms with E-state index in [2.05, 4.69) is 10.2 Å². The maximum absolute atomic E-state index is 13.7. The van der Waals surface area contributed by atoms with E-state index in [-0.39, 0.29) is 17.8 Å². The van der Waals surface area contributed by atoms with Gasteiger partial charge in [-0.05, 0) is 53.3 Å². The normalized spacial score (nSPS) is 16.3. The number of hydrogen-bond donors (Lipinski definition) is 1. The van der Waals surface area contributed by atoms with E-state index >= 15 is 0 Å². The van der Waals surface area contributed by atoms with Crippen LogP contribution in [-0.2, 0) is 17.8 Å². The van der Waals surface area contributed by atoms with E-state index in [9.17, 15) is 9.18 Å². The molecule has 0 fully saturated rings. The Hall–Kier alpha value is -2.60. The van der Waals surface area contributed by atoms with Gasteiger partial charge in [0.15, 0.2) is 11.5 Å². The molecule has 2 aromatic rings. The molecule has 0 radical (unpaired) electrons. The Bertz CT molecular complexity index is 885. The van der Waals surface area contributed by atoms with E-state index in [0.717, 1.165) is 24.1 Å². The average molecular weight is 415 g/mol. The third kappa shape index (κ3) is 5.30. The van der Waals surface area contributed by atoms with Gasteiger partial charge in [-0.25, -0.2) is 4.39 Å². The fourth-order valence-electron chi connectivity index (χ4n) is 4.03. The first kappa shape index (κ1) is 22.1. The van der Waals surface area contributed by atoms with Crippen LogP contribution in [0.4, 0.5) is 4.39 Å². The molecule has 0 aromatic heterocycles. The topological polar surface area (TPSA) is 50.8 Å². The number of fused-ring (bicyclic) bond motifs is 1. The second-order valence-electron chi connectivity index (χ2n) is 8.17. The number of benzene rings is 2. The standard InChI is InChI=1S/C24H31FN2O3/c1-16(2)10-24(28)26-14-21-20-13-23(30-4)22(29-3)12-18(20)8-9-27(21)15-17-6-5-7-19(25)11-17/h5-7,11-13,16,21H,8-10,14-15H2,1-4H3,(H,26,28)/t21-/m0/s1. The van der Waals surface area contributed by atoms with E-state index in [1.807, 2.05) is 32.0 Å². The number of hydrogen-bond acceptors (Lipinski definition) is 4. The molecule has 0 spiro atoms. The number of methoxy groups -OCH3 is 2. The highest BCUT2D eigenvalue weighted by Crippen LogP contribution is 2.38. The molecular weight excluding hydrogens is 383 g/mol. The first-order valence-electron chi connectivity index (χ1n) is 10.4. The van der Waals surface area contributed by atoms with Crippen molar-refractivity contribution in [2.45, 2.75) is 39.3 Å². The molecule has 0 saturated heterocycles. The molecule has 162 valence electrons. The average Bonchev–Trinajstić information content (AvgIpc) is 2.71. The Kier molecular flexibility index (Phi) is 7.32. The van der Waals surface area contributed by atoms with Crippen molar-refractivity contribution in [1.82, 2.24) is 10.2 Å². The molecule has 30 heavy (non-hydrogen) atoms. The maximum atomic E-state index is 13.7. The lowest BCUT2D eigenvalue weighted by Crippen LogP contribution is -2.42. The zero-order valence-electron chi connectivity index (χ0n) is 18.2. The van der Waals surface area contributed by atoms with Gasteiger partial charge >= 0.3 is 0 Å². The largest absolute Gasteiger partial charge is 0.493 e. The van der Waals surface area contributed by atoms with Crippen LogP contribution < -0.4 is 14.8 Å². The molecule has 6 heteroatoms. The predicted octanol–water partition coefficient (Wildman–Crippen LogP) is 4.10. The van der Waals surface area contributed by atoms with Crippen molar-refractivity contribution in [3.63, 3.8) is 0 Å². The molecular formula is C24H31FN2O3. The second kappa shape index (κ2) is 9.94. The van der Waals surface area contributed by atoms with Gasteiger partial charge < -0.3 is 14.8 Å². The van der Waals surface area contributed by atoms with Crippen molar-refractivity contribution >= 4 is 5.91 Å². The zero-order chi connectivity index (χ0) is 21.7. The van der Waals surface area contributed by atoms with Gasteiger partial charge in [-0.3, -0.25) is 9.69 Å². The van der Waals surface area contributed by atoms with Crippen LogP contribution in [0.1, 0.15) is 43.0 Å². The predicted molar refractivity (Wildman–Crippen MR) is 115 cm³/mol. The van der Waals surface area contributed by atoms with Crippen LogP contribution in [0.15, 0.2) is 36.4 Å². The lowest BCUT2D eigenvalue weighted by atomic mass is 9.91. The molecule has 1 aliphatic heterocycles. The maximum Gasteiger partial charge on any atom is 0.220 e. The minimum atomic E-state index is -0.238. The molecule has 1 amide bonds. The molecule has 1 atom stereocenters. The lowest BCUT2D eigenvalue weighted by molar-refractivity contribution is -0.122. The van der Waals surface area contributed by atoms with Crippen LogP contribution in [0, 0.1) is 11.7 Å². The molecule has 0 saturated carbocycles. The highest BCUT2D eigenvalue weighted by atomic mass is 19.1. The number of carbonyl (C=O) groups excluding carboxylic acids is 1. The van der Waals surface area contributed by atoms with Gasteiger partial charge in [0.25, 0.3) is 0 Å². The Balaban J connectivity index is 1.89. The molecule has 1 aliphatic rings. The first-order valence-corrected chi connectivity index (χ1v) is 10.4. The summed E-state index contributed by atoms with van der Waals surface area (Å²) in [6.45, 7) is 5.97. The Morgan fingerprint density at radius 1 is 1.20 bits per heavy atom. The van der Waals surface area contributed by atoms with Crippen molar-refractivity contribution < 1.29 is 18.7 Å². The van der Waals surface area contributed by atoms with Gasteiger partial charge in [-0.15, -0.1) is 0 Å². The molecule has 0 aliphatic carbocycles. The Morgan fingerprint density at radius 2 is 1.93 bits per heavy atom. The van der Waals surface area contributed by atoms with Gasteiger partial charge in [0, 0.05) is 26.1 Å². The number of carbonyl (C=O) groups is 1. The Morgan fingerprint density at radius 3 is 2.60 bits per heavy atom. The van der Waals surface area contributed by atoms with Gasteiger partial charge in [-0.2, -0.15) is 0 Å². The Labute approximate surface area is 178 Å². The van der Waals surface area contributed by atoms with Crippen molar-refractivity contribution in [2.75, 3.05) is 27.3 Å². The molecule has 3 rings (SSSR count). The van der Waals surface area contributed by atoms with E-state index in [1.165, 1.54) is 11.6 Å². The van der Waals surface area contributed by atoms with E-state index < -0.39 is 0 Å². The van der Waals surface area contributed by atoms with Gasteiger partial charge in [0.05, 0.1) is 20.3 Å². The number of amides is 1. The van der Waals surface area contributed by atoms with Crippen LogP contribution in [0.3, 0.4) is 0 Å². The number of ether oxygens (including phenoxy) is 2. The molecule has 1 heterocycles. The summed E-state index contributed by atoms with van der Waals surface area (Å²) < 4.78 is 24.7. The molecule has 0 bridgehead atoms. The summed E-state index contributed by atoms with van der Waals surface area (Å²) in [6, 6.07) is 10.7. The van der Waals surface area contributed by atoms with Gasteiger partial charge in [-0.1, -0.05) is 26.0 Å². The van der Waals surface area contributed by atoms with Crippen molar-refractivity contribution in [1.29, 1.82) is 0 Å². The molecule has 0 unspecified atom stereocenters. The monoisotopic (exact) mass is 414 g/mol. The third-order valence-corrected chi connectivity index (χ3v) is 5.47. The van der Waals surface area contributed by atoms with Crippen molar-refractivity contribution in [3.05, 3.63) is 58.9 Å². The first-order chi connectivity index (χ1) is 14.4.